The first-order valence-corrected chi connectivity index (χ1v) is 7.03. The maximum Gasteiger partial charge on any atom is 0.150 e. The molecule has 90 valence electrons. The molecule has 0 aromatic carbocycles. The molecule has 0 saturated carbocycles. The summed E-state index contributed by atoms with van der Waals surface area (Å²) < 4.78 is 28.2. The molecule has 2 fully saturated rings. The highest BCUT2D eigenvalue weighted by atomic mass is 35.5. The van der Waals surface area contributed by atoms with Gasteiger partial charge in [0.1, 0.15) is 6.23 Å². The Morgan fingerprint density at radius 1 is 1.40 bits per heavy atom. The lowest BCUT2D eigenvalue weighted by molar-refractivity contribution is 0.0805. The van der Waals surface area contributed by atoms with E-state index in [2.05, 4.69) is 5.32 Å². The van der Waals surface area contributed by atoms with E-state index >= 15 is 0 Å². The van der Waals surface area contributed by atoms with Gasteiger partial charge in [0.05, 0.1) is 18.1 Å². The van der Waals surface area contributed by atoms with E-state index in [1.807, 2.05) is 0 Å². The molecule has 4 nitrogen and oxygen atoms in total. The number of halogens is 1. The zero-order chi connectivity index (χ0) is 10.0. The standard InChI is InChI=1S/C9H17NO3S.ClH/c11-14(12)5-1-2-8(7-14)6-9-10-3-4-13-9;/h8-10H,1-7H2;1H. The molecule has 0 amide bonds. The number of hydrogen-bond donors (Lipinski definition) is 1. The van der Waals surface area contributed by atoms with E-state index in [4.69, 9.17) is 4.74 Å². The van der Waals surface area contributed by atoms with Crippen LogP contribution in [0.1, 0.15) is 19.3 Å². The van der Waals surface area contributed by atoms with Crippen LogP contribution in [-0.2, 0) is 14.6 Å². The summed E-state index contributed by atoms with van der Waals surface area (Å²) in [7, 11) is -2.76. The third-order valence-corrected chi connectivity index (χ3v) is 4.79. The fourth-order valence-electron chi connectivity index (χ4n) is 2.24. The second-order valence-electron chi connectivity index (χ2n) is 4.17. The molecular formula is C9H18ClNO3S. The Balaban J connectivity index is 0.00000112. The van der Waals surface area contributed by atoms with Crippen LogP contribution in [0.25, 0.3) is 0 Å². The second-order valence-corrected chi connectivity index (χ2v) is 6.40. The summed E-state index contributed by atoms with van der Waals surface area (Å²) in [4.78, 5) is 0. The highest BCUT2D eigenvalue weighted by molar-refractivity contribution is 7.91. The average Bonchev–Trinajstić information content (AvgIpc) is 2.54. The first-order valence-electron chi connectivity index (χ1n) is 5.21. The van der Waals surface area contributed by atoms with Gasteiger partial charge in [0, 0.05) is 6.54 Å². The molecular weight excluding hydrogens is 238 g/mol. The van der Waals surface area contributed by atoms with Gasteiger partial charge < -0.3 is 4.74 Å². The fourth-order valence-corrected chi connectivity index (χ4v) is 4.03. The first-order chi connectivity index (χ1) is 6.66. The molecule has 0 spiro atoms. The lowest BCUT2D eigenvalue weighted by Gasteiger charge is -2.24. The van der Waals surface area contributed by atoms with Crippen LogP contribution in [0.5, 0.6) is 0 Å². The topological polar surface area (TPSA) is 55.4 Å². The molecule has 1 N–H and O–H groups in total. The van der Waals surface area contributed by atoms with Crippen molar-refractivity contribution in [3.05, 3.63) is 0 Å². The molecule has 0 bridgehead atoms. The molecule has 2 atom stereocenters. The lowest BCUT2D eigenvalue weighted by atomic mass is 10.0. The average molecular weight is 256 g/mol. The van der Waals surface area contributed by atoms with Gasteiger partial charge in [0.2, 0.25) is 0 Å². The summed E-state index contributed by atoms with van der Waals surface area (Å²) in [6, 6.07) is 0. The van der Waals surface area contributed by atoms with Gasteiger partial charge in [-0.3, -0.25) is 5.32 Å². The summed E-state index contributed by atoms with van der Waals surface area (Å²) >= 11 is 0. The van der Waals surface area contributed by atoms with Gasteiger partial charge in [-0.2, -0.15) is 0 Å². The minimum absolute atomic E-state index is 0. The number of rotatable bonds is 2. The van der Waals surface area contributed by atoms with E-state index in [1.165, 1.54) is 0 Å². The Labute approximate surface area is 97.1 Å². The van der Waals surface area contributed by atoms with Crippen LogP contribution in [0.3, 0.4) is 0 Å². The van der Waals surface area contributed by atoms with E-state index in [-0.39, 0.29) is 18.6 Å². The Morgan fingerprint density at radius 3 is 2.80 bits per heavy atom. The minimum atomic E-state index is -2.76. The number of ether oxygens (including phenoxy) is 1. The van der Waals surface area contributed by atoms with Crippen LogP contribution in [-0.4, -0.2) is 39.3 Å². The van der Waals surface area contributed by atoms with Crippen LogP contribution in [0.15, 0.2) is 0 Å². The van der Waals surface area contributed by atoms with Gasteiger partial charge in [-0.05, 0) is 25.2 Å². The molecule has 0 aromatic heterocycles. The molecule has 2 aliphatic heterocycles. The molecule has 0 radical (unpaired) electrons. The van der Waals surface area contributed by atoms with E-state index in [0.29, 0.717) is 17.4 Å². The highest BCUT2D eigenvalue weighted by Gasteiger charge is 2.28. The third-order valence-electron chi connectivity index (χ3n) is 2.90. The Bertz CT molecular complexity index is 288. The molecule has 6 heteroatoms. The predicted octanol–water partition coefficient (Wildman–Crippen LogP) is 0.569. The SMILES string of the molecule is Cl.O=S1(=O)CCCC(CC2NCCO2)C1. The van der Waals surface area contributed by atoms with Crippen molar-refractivity contribution in [3.63, 3.8) is 0 Å². The summed E-state index contributed by atoms with van der Waals surface area (Å²) in [6.07, 6.45) is 2.79. The zero-order valence-electron chi connectivity index (χ0n) is 8.65. The largest absolute Gasteiger partial charge is 0.362 e. The lowest BCUT2D eigenvalue weighted by Crippen LogP contribution is -2.32. The Kier molecular flexibility index (Phi) is 4.83. The van der Waals surface area contributed by atoms with E-state index in [0.717, 1.165) is 32.4 Å². The van der Waals surface area contributed by atoms with Crippen molar-refractivity contribution in [2.45, 2.75) is 25.5 Å². The van der Waals surface area contributed by atoms with Crippen molar-refractivity contribution in [1.82, 2.24) is 5.32 Å². The highest BCUT2D eigenvalue weighted by Crippen LogP contribution is 2.23. The first kappa shape index (κ1) is 13.2. The monoisotopic (exact) mass is 255 g/mol. The van der Waals surface area contributed by atoms with Gasteiger partial charge in [0.15, 0.2) is 9.84 Å². The molecule has 2 rings (SSSR count). The van der Waals surface area contributed by atoms with Crippen LogP contribution < -0.4 is 5.32 Å². The van der Waals surface area contributed by atoms with Crippen molar-refractivity contribution in [2.24, 2.45) is 5.92 Å². The summed E-state index contributed by atoms with van der Waals surface area (Å²) in [6.45, 7) is 1.65. The van der Waals surface area contributed by atoms with Crippen molar-refractivity contribution in [1.29, 1.82) is 0 Å². The minimum Gasteiger partial charge on any atom is -0.362 e. The molecule has 2 saturated heterocycles. The maximum atomic E-state index is 11.4. The van der Waals surface area contributed by atoms with Crippen molar-refractivity contribution >= 4 is 22.2 Å². The molecule has 2 aliphatic rings. The van der Waals surface area contributed by atoms with E-state index < -0.39 is 9.84 Å². The van der Waals surface area contributed by atoms with Gasteiger partial charge >= 0.3 is 0 Å². The predicted molar refractivity (Wildman–Crippen MR) is 61.0 cm³/mol. The Hall–Kier alpha value is 0.160. The van der Waals surface area contributed by atoms with Crippen molar-refractivity contribution in [3.8, 4) is 0 Å². The quantitative estimate of drug-likeness (QED) is 0.784. The van der Waals surface area contributed by atoms with Gasteiger partial charge in [-0.15, -0.1) is 12.4 Å². The maximum absolute atomic E-state index is 11.4. The Morgan fingerprint density at radius 2 is 2.20 bits per heavy atom. The molecule has 0 aliphatic carbocycles. The smallest absolute Gasteiger partial charge is 0.150 e. The van der Waals surface area contributed by atoms with Crippen LogP contribution in [0.4, 0.5) is 0 Å². The van der Waals surface area contributed by atoms with Crippen LogP contribution >= 0.6 is 12.4 Å². The summed E-state index contributed by atoms with van der Waals surface area (Å²) in [5.41, 5.74) is 0. The van der Waals surface area contributed by atoms with Gasteiger partial charge in [-0.25, -0.2) is 8.42 Å². The molecule has 2 unspecified atom stereocenters. The number of nitrogens with one attached hydrogen (secondary N) is 1. The third kappa shape index (κ3) is 3.90. The van der Waals surface area contributed by atoms with Crippen LogP contribution in [0, 0.1) is 5.92 Å². The van der Waals surface area contributed by atoms with Gasteiger partial charge in [-0.1, -0.05) is 0 Å². The number of sulfone groups is 1. The van der Waals surface area contributed by atoms with E-state index in [9.17, 15) is 8.42 Å². The van der Waals surface area contributed by atoms with Gasteiger partial charge in [0.25, 0.3) is 0 Å². The summed E-state index contributed by atoms with van der Waals surface area (Å²) in [5, 5.41) is 3.21. The zero-order valence-corrected chi connectivity index (χ0v) is 10.3. The molecule has 0 aromatic rings. The molecule has 15 heavy (non-hydrogen) atoms. The summed E-state index contributed by atoms with van der Waals surface area (Å²) in [5.74, 6) is 1.03. The van der Waals surface area contributed by atoms with Crippen LogP contribution in [0.2, 0.25) is 0 Å². The van der Waals surface area contributed by atoms with E-state index in [1.54, 1.807) is 0 Å². The van der Waals surface area contributed by atoms with Crippen molar-refractivity contribution in [2.75, 3.05) is 24.7 Å². The van der Waals surface area contributed by atoms with Crippen molar-refractivity contribution < 1.29 is 13.2 Å². The molecule has 2 heterocycles. The fraction of sp³-hybridized carbons (Fsp3) is 1.00. The second kappa shape index (κ2) is 5.48. The number of hydrogen-bond acceptors (Lipinski definition) is 4. The normalized spacial score (nSPS) is 34.7.